The minimum Gasteiger partial charge on any atom is -0.491 e. The molecule has 1 heterocycles. The lowest BCUT2D eigenvalue weighted by molar-refractivity contribution is 0.206. The Morgan fingerprint density at radius 1 is 0.727 bits per heavy atom. The summed E-state index contributed by atoms with van der Waals surface area (Å²) in [4.78, 5) is 8.97. The van der Waals surface area contributed by atoms with Gasteiger partial charge in [0.05, 0.1) is 25.1 Å². The van der Waals surface area contributed by atoms with Crippen molar-refractivity contribution in [2.24, 2.45) is 5.92 Å². The van der Waals surface area contributed by atoms with Gasteiger partial charge in [0.2, 0.25) is 0 Å². The molecule has 0 saturated heterocycles. The zero-order valence-electron chi connectivity index (χ0n) is 21.5. The SMILES string of the molecule is CCCCCCC(C)Oc1ccc(-c2ncc(OCCCCCCCC(C)CC)cn2)cc1. The molecule has 0 aliphatic heterocycles. The van der Waals surface area contributed by atoms with E-state index >= 15 is 0 Å². The molecule has 0 amide bonds. The van der Waals surface area contributed by atoms with Crippen molar-refractivity contribution in [2.75, 3.05) is 6.61 Å². The molecule has 0 spiro atoms. The van der Waals surface area contributed by atoms with Gasteiger partial charge >= 0.3 is 0 Å². The van der Waals surface area contributed by atoms with Gasteiger partial charge in [0.25, 0.3) is 0 Å². The summed E-state index contributed by atoms with van der Waals surface area (Å²) in [5, 5.41) is 0. The minimum atomic E-state index is 0.241. The number of ether oxygens (including phenoxy) is 2. The molecule has 0 fully saturated rings. The van der Waals surface area contributed by atoms with Crippen LogP contribution in [0, 0.1) is 5.92 Å². The molecule has 33 heavy (non-hydrogen) atoms. The Kier molecular flexibility index (Phi) is 13.6. The number of nitrogens with zero attached hydrogens (tertiary/aromatic N) is 2. The Balaban J connectivity index is 1.65. The van der Waals surface area contributed by atoms with E-state index in [-0.39, 0.29) is 6.10 Å². The van der Waals surface area contributed by atoms with Crippen molar-refractivity contribution in [3.05, 3.63) is 36.7 Å². The van der Waals surface area contributed by atoms with Crippen LogP contribution in [-0.2, 0) is 0 Å². The molecule has 184 valence electrons. The average molecular weight is 455 g/mol. The molecule has 0 aliphatic rings. The van der Waals surface area contributed by atoms with E-state index in [1.165, 1.54) is 64.2 Å². The van der Waals surface area contributed by atoms with Crippen LogP contribution < -0.4 is 9.47 Å². The highest BCUT2D eigenvalue weighted by molar-refractivity contribution is 5.56. The van der Waals surface area contributed by atoms with E-state index < -0.39 is 0 Å². The van der Waals surface area contributed by atoms with Crippen LogP contribution in [0.25, 0.3) is 11.4 Å². The lowest BCUT2D eigenvalue weighted by Gasteiger charge is -2.14. The fourth-order valence-corrected chi connectivity index (χ4v) is 3.89. The van der Waals surface area contributed by atoms with Crippen LogP contribution in [-0.4, -0.2) is 22.7 Å². The van der Waals surface area contributed by atoms with E-state index in [0.717, 1.165) is 42.4 Å². The smallest absolute Gasteiger partial charge is 0.159 e. The molecule has 2 unspecified atom stereocenters. The monoisotopic (exact) mass is 454 g/mol. The van der Waals surface area contributed by atoms with Crippen LogP contribution in [0.15, 0.2) is 36.7 Å². The molecular formula is C29H46N2O2. The Bertz CT molecular complexity index is 730. The number of unbranched alkanes of at least 4 members (excludes halogenated alkanes) is 7. The van der Waals surface area contributed by atoms with E-state index in [9.17, 15) is 0 Å². The second-order valence-electron chi connectivity index (χ2n) is 9.46. The molecule has 2 aromatic rings. The summed E-state index contributed by atoms with van der Waals surface area (Å²) in [6.07, 6.45) is 19.0. The maximum Gasteiger partial charge on any atom is 0.159 e. The van der Waals surface area contributed by atoms with Gasteiger partial charge in [0, 0.05) is 5.56 Å². The first-order valence-electron chi connectivity index (χ1n) is 13.3. The van der Waals surface area contributed by atoms with E-state index in [1.54, 1.807) is 12.4 Å². The average Bonchev–Trinajstić information content (AvgIpc) is 2.84. The van der Waals surface area contributed by atoms with Crippen molar-refractivity contribution in [1.29, 1.82) is 0 Å². The molecular weight excluding hydrogens is 408 g/mol. The lowest BCUT2D eigenvalue weighted by Crippen LogP contribution is -2.11. The quantitative estimate of drug-likeness (QED) is 0.211. The first kappa shape index (κ1) is 27.1. The highest BCUT2D eigenvalue weighted by Crippen LogP contribution is 2.22. The third-order valence-corrected chi connectivity index (χ3v) is 6.35. The predicted octanol–water partition coefficient (Wildman–Crippen LogP) is 8.65. The van der Waals surface area contributed by atoms with Gasteiger partial charge in [-0.15, -0.1) is 0 Å². The van der Waals surface area contributed by atoms with E-state index in [0.29, 0.717) is 5.82 Å². The van der Waals surface area contributed by atoms with Crippen LogP contribution in [0.1, 0.15) is 105 Å². The Morgan fingerprint density at radius 2 is 1.36 bits per heavy atom. The fraction of sp³-hybridized carbons (Fsp3) is 0.655. The molecule has 2 atom stereocenters. The Morgan fingerprint density at radius 3 is 2.06 bits per heavy atom. The summed E-state index contributed by atoms with van der Waals surface area (Å²) in [6.45, 7) is 9.75. The van der Waals surface area contributed by atoms with Crippen LogP contribution in [0.3, 0.4) is 0 Å². The standard InChI is InChI=1S/C29H46N2O2/c1-5-7-8-13-16-25(4)33-27-19-17-26(18-20-27)29-30-22-28(23-31-29)32-21-14-11-9-10-12-15-24(3)6-2/h17-20,22-25H,5-16,21H2,1-4H3. The molecule has 0 radical (unpaired) electrons. The third-order valence-electron chi connectivity index (χ3n) is 6.35. The molecule has 2 rings (SSSR count). The normalized spacial score (nSPS) is 13.0. The topological polar surface area (TPSA) is 44.2 Å². The van der Waals surface area contributed by atoms with Crippen molar-refractivity contribution >= 4 is 0 Å². The molecule has 4 nitrogen and oxygen atoms in total. The highest BCUT2D eigenvalue weighted by Gasteiger charge is 2.06. The van der Waals surface area contributed by atoms with Crippen molar-refractivity contribution in [3.8, 4) is 22.9 Å². The summed E-state index contributed by atoms with van der Waals surface area (Å²) in [6, 6.07) is 8.07. The highest BCUT2D eigenvalue weighted by atomic mass is 16.5. The van der Waals surface area contributed by atoms with Gasteiger partial charge in [0.1, 0.15) is 5.75 Å². The summed E-state index contributed by atoms with van der Waals surface area (Å²) in [5.41, 5.74) is 0.988. The van der Waals surface area contributed by atoms with Crippen molar-refractivity contribution in [3.63, 3.8) is 0 Å². The van der Waals surface area contributed by atoms with Crippen molar-refractivity contribution in [2.45, 2.75) is 111 Å². The molecule has 0 saturated carbocycles. The predicted molar refractivity (Wildman–Crippen MR) is 139 cm³/mol. The molecule has 1 aromatic carbocycles. The summed E-state index contributed by atoms with van der Waals surface area (Å²) < 4.78 is 11.9. The summed E-state index contributed by atoms with van der Waals surface area (Å²) in [5.74, 6) is 3.23. The first-order valence-corrected chi connectivity index (χ1v) is 13.3. The van der Waals surface area contributed by atoms with Crippen LogP contribution >= 0.6 is 0 Å². The second-order valence-corrected chi connectivity index (χ2v) is 9.46. The van der Waals surface area contributed by atoms with E-state index in [1.807, 2.05) is 24.3 Å². The second kappa shape index (κ2) is 16.5. The molecule has 1 aromatic heterocycles. The number of hydrogen-bond acceptors (Lipinski definition) is 4. The number of hydrogen-bond donors (Lipinski definition) is 0. The first-order chi connectivity index (χ1) is 16.1. The minimum absolute atomic E-state index is 0.241. The van der Waals surface area contributed by atoms with Crippen molar-refractivity contribution < 1.29 is 9.47 Å². The van der Waals surface area contributed by atoms with Gasteiger partial charge in [-0.2, -0.15) is 0 Å². The molecule has 4 heteroatoms. The van der Waals surface area contributed by atoms with Crippen molar-refractivity contribution in [1.82, 2.24) is 9.97 Å². The summed E-state index contributed by atoms with van der Waals surface area (Å²) in [7, 11) is 0. The lowest BCUT2D eigenvalue weighted by atomic mass is 10.0. The number of benzene rings is 1. The maximum atomic E-state index is 6.04. The third kappa shape index (κ3) is 11.5. The van der Waals surface area contributed by atoms with Gasteiger partial charge < -0.3 is 9.47 Å². The van der Waals surface area contributed by atoms with Gasteiger partial charge in [-0.25, -0.2) is 9.97 Å². The van der Waals surface area contributed by atoms with Gasteiger partial charge in [-0.3, -0.25) is 0 Å². The molecule has 0 bridgehead atoms. The molecule has 0 aliphatic carbocycles. The van der Waals surface area contributed by atoms with Crippen LogP contribution in [0.5, 0.6) is 11.5 Å². The van der Waals surface area contributed by atoms with Gasteiger partial charge in [-0.05, 0) is 56.4 Å². The number of rotatable bonds is 18. The Labute approximate surface area is 202 Å². The van der Waals surface area contributed by atoms with E-state index in [2.05, 4.69) is 37.7 Å². The van der Waals surface area contributed by atoms with E-state index in [4.69, 9.17) is 9.47 Å². The van der Waals surface area contributed by atoms with Gasteiger partial charge in [0.15, 0.2) is 11.6 Å². The largest absolute Gasteiger partial charge is 0.491 e. The zero-order valence-corrected chi connectivity index (χ0v) is 21.5. The molecule has 0 N–H and O–H groups in total. The van der Waals surface area contributed by atoms with Crippen LogP contribution in [0.2, 0.25) is 0 Å². The fourth-order valence-electron chi connectivity index (χ4n) is 3.89. The zero-order chi connectivity index (χ0) is 23.7. The maximum absolute atomic E-state index is 6.04. The van der Waals surface area contributed by atoms with Gasteiger partial charge in [-0.1, -0.05) is 78.6 Å². The van der Waals surface area contributed by atoms with Crippen LogP contribution in [0.4, 0.5) is 0 Å². The summed E-state index contributed by atoms with van der Waals surface area (Å²) >= 11 is 0. The Hall–Kier alpha value is -2.10. The number of aromatic nitrogens is 2.